The van der Waals surface area contributed by atoms with E-state index in [1.165, 1.54) is 12.1 Å². The van der Waals surface area contributed by atoms with Crippen molar-refractivity contribution in [2.24, 2.45) is 0 Å². The molecular formula is C13H20N2O5. The first kappa shape index (κ1) is 16.4. The highest BCUT2D eigenvalue weighted by Gasteiger charge is 2.28. The average Bonchev–Trinajstić information content (AvgIpc) is 2.45. The summed E-state index contributed by atoms with van der Waals surface area (Å²) in [6, 6.07) is 2.78. The number of nitrogens with zero attached hydrogens (tertiary/aromatic N) is 1. The highest BCUT2D eigenvalue weighted by atomic mass is 16.4. The Morgan fingerprint density at radius 2 is 1.85 bits per heavy atom. The fourth-order valence-corrected chi connectivity index (χ4v) is 1.70. The second-order valence-corrected chi connectivity index (χ2v) is 4.67. The highest BCUT2D eigenvalue weighted by Crippen LogP contribution is 2.17. The summed E-state index contributed by atoms with van der Waals surface area (Å²) < 4.78 is 0. The molecule has 0 aliphatic heterocycles. The molecule has 0 spiro atoms. The second kappa shape index (κ2) is 7.18. The van der Waals surface area contributed by atoms with Gasteiger partial charge in [0, 0.05) is 5.69 Å². The fourth-order valence-electron chi connectivity index (χ4n) is 1.70. The molecule has 0 saturated carbocycles. The Labute approximate surface area is 116 Å². The molecule has 5 N–H and O–H groups in total. The van der Waals surface area contributed by atoms with Gasteiger partial charge in [0.2, 0.25) is 0 Å². The van der Waals surface area contributed by atoms with E-state index < -0.39 is 31.3 Å². The summed E-state index contributed by atoms with van der Waals surface area (Å²) in [4.78, 5) is 15.3. The number of rotatable bonds is 8. The molecule has 0 saturated heterocycles. The van der Waals surface area contributed by atoms with E-state index in [0.29, 0.717) is 12.1 Å². The Hall–Kier alpha value is -1.70. The van der Waals surface area contributed by atoms with E-state index in [1.54, 1.807) is 0 Å². The standard InChI is InChI=1S/C13H20N2O5/c1-2-3-10-4-9(12(19)20)5-11(14-10)15-13(6-16,7-17)8-18/h4-5,16-18H,2-3,6-8H2,1H3,(H,14,15)(H,19,20). The van der Waals surface area contributed by atoms with Crippen LogP contribution in [0.5, 0.6) is 0 Å². The zero-order chi connectivity index (χ0) is 15.2. The smallest absolute Gasteiger partial charge is 0.335 e. The van der Waals surface area contributed by atoms with Crippen molar-refractivity contribution in [2.45, 2.75) is 25.3 Å². The molecule has 7 heteroatoms. The maximum absolute atomic E-state index is 11.1. The molecule has 0 bridgehead atoms. The quantitative estimate of drug-likeness (QED) is 0.450. The minimum atomic E-state index is -1.34. The summed E-state index contributed by atoms with van der Waals surface area (Å²) >= 11 is 0. The molecule has 0 aromatic carbocycles. The van der Waals surface area contributed by atoms with Crippen molar-refractivity contribution in [3.8, 4) is 0 Å². The first-order chi connectivity index (χ1) is 9.50. The Balaban J connectivity index is 3.12. The minimum absolute atomic E-state index is 0.0636. The molecule has 112 valence electrons. The van der Waals surface area contributed by atoms with Gasteiger partial charge in [0.1, 0.15) is 11.4 Å². The van der Waals surface area contributed by atoms with Gasteiger partial charge in [-0.25, -0.2) is 9.78 Å². The fraction of sp³-hybridized carbons (Fsp3) is 0.538. The lowest BCUT2D eigenvalue weighted by Gasteiger charge is -2.29. The molecule has 0 atom stereocenters. The van der Waals surface area contributed by atoms with Gasteiger partial charge in [-0.15, -0.1) is 0 Å². The Morgan fingerprint density at radius 3 is 2.30 bits per heavy atom. The van der Waals surface area contributed by atoms with E-state index in [1.807, 2.05) is 6.92 Å². The number of nitrogens with one attached hydrogen (secondary N) is 1. The largest absolute Gasteiger partial charge is 0.478 e. The number of hydrogen-bond acceptors (Lipinski definition) is 6. The van der Waals surface area contributed by atoms with Gasteiger partial charge in [-0.05, 0) is 18.6 Å². The summed E-state index contributed by atoms with van der Waals surface area (Å²) in [5.41, 5.74) is -0.681. The lowest BCUT2D eigenvalue weighted by Crippen LogP contribution is -2.49. The SMILES string of the molecule is CCCc1cc(C(=O)O)cc(NC(CO)(CO)CO)n1. The van der Waals surface area contributed by atoms with Crippen LogP contribution in [0.25, 0.3) is 0 Å². The van der Waals surface area contributed by atoms with Crippen LogP contribution in [0.2, 0.25) is 0 Å². The van der Waals surface area contributed by atoms with E-state index in [2.05, 4.69) is 10.3 Å². The lowest BCUT2D eigenvalue weighted by atomic mass is 10.0. The topological polar surface area (TPSA) is 123 Å². The average molecular weight is 284 g/mol. The zero-order valence-electron chi connectivity index (χ0n) is 11.3. The van der Waals surface area contributed by atoms with Gasteiger partial charge in [-0.1, -0.05) is 13.3 Å². The third kappa shape index (κ3) is 3.89. The van der Waals surface area contributed by atoms with E-state index in [-0.39, 0.29) is 11.4 Å². The predicted molar refractivity (Wildman–Crippen MR) is 72.8 cm³/mol. The van der Waals surface area contributed by atoms with Crippen LogP contribution in [0.1, 0.15) is 29.4 Å². The predicted octanol–water partition coefficient (Wildman–Crippen LogP) is -0.140. The van der Waals surface area contributed by atoms with E-state index in [4.69, 9.17) is 5.11 Å². The summed E-state index contributed by atoms with van der Waals surface area (Å²) in [5.74, 6) is -0.888. The maximum Gasteiger partial charge on any atom is 0.335 e. The molecule has 0 aliphatic rings. The normalized spacial score (nSPS) is 11.4. The number of anilines is 1. The Kier molecular flexibility index (Phi) is 5.87. The van der Waals surface area contributed by atoms with Gasteiger partial charge in [-0.2, -0.15) is 0 Å². The second-order valence-electron chi connectivity index (χ2n) is 4.67. The first-order valence-electron chi connectivity index (χ1n) is 6.35. The number of pyridine rings is 1. The molecule has 0 unspecified atom stereocenters. The van der Waals surface area contributed by atoms with Gasteiger partial charge in [0.25, 0.3) is 0 Å². The number of aliphatic hydroxyl groups excluding tert-OH is 3. The summed E-state index contributed by atoms with van der Waals surface area (Å²) in [6.45, 7) is 0.411. The van der Waals surface area contributed by atoms with Crippen molar-refractivity contribution in [1.82, 2.24) is 4.98 Å². The Morgan fingerprint density at radius 1 is 1.25 bits per heavy atom. The molecule has 0 amide bonds. The Bertz CT molecular complexity index is 452. The van der Waals surface area contributed by atoms with Crippen molar-refractivity contribution < 1.29 is 25.2 Å². The van der Waals surface area contributed by atoms with Crippen LogP contribution < -0.4 is 5.32 Å². The molecule has 0 radical (unpaired) electrons. The number of aliphatic hydroxyl groups is 3. The minimum Gasteiger partial charge on any atom is -0.478 e. The number of aromatic carboxylic acids is 1. The maximum atomic E-state index is 11.1. The first-order valence-corrected chi connectivity index (χ1v) is 6.35. The molecule has 20 heavy (non-hydrogen) atoms. The van der Waals surface area contributed by atoms with Crippen LogP contribution in [-0.4, -0.2) is 56.7 Å². The van der Waals surface area contributed by atoms with Crippen LogP contribution >= 0.6 is 0 Å². The summed E-state index contributed by atoms with van der Waals surface area (Å²) in [5, 5.41) is 39.6. The molecule has 7 nitrogen and oxygen atoms in total. The molecule has 1 heterocycles. The van der Waals surface area contributed by atoms with Crippen LogP contribution in [0.4, 0.5) is 5.82 Å². The van der Waals surface area contributed by atoms with Gasteiger partial charge in [-0.3, -0.25) is 0 Å². The van der Waals surface area contributed by atoms with Crippen LogP contribution in [0.3, 0.4) is 0 Å². The van der Waals surface area contributed by atoms with Crippen molar-refractivity contribution >= 4 is 11.8 Å². The lowest BCUT2D eigenvalue weighted by molar-refractivity contribution is 0.0696. The molecule has 1 aromatic rings. The third-order valence-electron chi connectivity index (χ3n) is 2.93. The van der Waals surface area contributed by atoms with Crippen LogP contribution in [0, 0.1) is 0 Å². The monoisotopic (exact) mass is 284 g/mol. The number of hydrogen-bond donors (Lipinski definition) is 5. The van der Waals surface area contributed by atoms with Crippen LogP contribution in [-0.2, 0) is 6.42 Å². The van der Waals surface area contributed by atoms with Gasteiger partial charge < -0.3 is 25.7 Å². The van der Waals surface area contributed by atoms with Gasteiger partial charge in [0.05, 0.1) is 25.4 Å². The molecular weight excluding hydrogens is 264 g/mol. The van der Waals surface area contributed by atoms with Gasteiger partial charge in [0.15, 0.2) is 0 Å². The number of aromatic nitrogens is 1. The van der Waals surface area contributed by atoms with Crippen LogP contribution in [0.15, 0.2) is 12.1 Å². The molecule has 1 aromatic heterocycles. The van der Waals surface area contributed by atoms with Crippen molar-refractivity contribution in [2.75, 3.05) is 25.1 Å². The van der Waals surface area contributed by atoms with E-state index >= 15 is 0 Å². The van der Waals surface area contributed by atoms with E-state index in [0.717, 1.165) is 6.42 Å². The molecule has 0 aliphatic carbocycles. The van der Waals surface area contributed by atoms with Gasteiger partial charge >= 0.3 is 5.97 Å². The summed E-state index contributed by atoms with van der Waals surface area (Å²) in [6.07, 6.45) is 1.42. The molecule has 0 fully saturated rings. The number of carbonyl (C=O) groups is 1. The van der Waals surface area contributed by atoms with Crippen molar-refractivity contribution in [3.63, 3.8) is 0 Å². The van der Waals surface area contributed by atoms with Crippen molar-refractivity contribution in [3.05, 3.63) is 23.4 Å². The number of carboxylic acids is 1. The highest BCUT2D eigenvalue weighted by molar-refractivity contribution is 5.88. The number of aryl methyl sites for hydroxylation is 1. The molecule has 1 rings (SSSR count). The summed E-state index contributed by atoms with van der Waals surface area (Å²) in [7, 11) is 0. The number of carboxylic acid groups (broad SMARTS) is 1. The van der Waals surface area contributed by atoms with Crippen molar-refractivity contribution in [1.29, 1.82) is 0 Å². The van der Waals surface area contributed by atoms with E-state index in [9.17, 15) is 20.1 Å². The third-order valence-corrected chi connectivity index (χ3v) is 2.93. The zero-order valence-corrected chi connectivity index (χ0v) is 11.3.